The van der Waals surface area contributed by atoms with Crippen LogP contribution in [-0.4, -0.2) is 36.3 Å². The van der Waals surface area contributed by atoms with Gasteiger partial charge < -0.3 is 24.8 Å². The Morgan fingerprint density at radius 3 is 2.55 bits per heavy atom. The zero-order valence-electron chi connectivity index (χ0n) is 20.6. The summed E-state index contributed by atoms with van der Waals surface area (Å²) in [5.41, 5.74) is 2.18. The van der Waals surface area contributed by atoms with E-state index in [9.17, 15) is 4.39 Å². The molecule has 0 spiro atoms. The molecular weight excluding hydrogens is 554 g/mol. The zero-order valence-corrected chi connectivity index (χ0v) is 23.0. The maximum absolute atomic E-state index is 13.4. The summed E-state index contributed by atoms with van der Waals surface area (Å²) >= 11 is 6.47. The predicted molar refractivity (Wildman–Crippen MR) is 153 cm³/mol. The summed E-state index contributed by atoms with van der Waals surface area (Å²) in [4.78, 5) is 8.85. The molecule has 202 valence electrons. The van der Waals surface area contributed by atoms with Gasteiger partial charge in [-0.15, -0.1) is 24.8 Å². The summed E-state index contributed by atoms with van der Waals surface area (Å²) < 4.78 is 31.0. The molecule has 1 fully saturated rings. The van der Waals surface area contributed by atoms with Crippen LogP contribution in [0.3, 0.4) is 0 Å². The van der Waals surface area contributed by atoms with Crippen molar-refractivity contribution in [3.63, 3.8) is 0 Å². The van der Waals surface area contributed by atoms with Crippen molar-refractivity contribution in [2.75, 3.05) is 25.5 Å². The third-order valence-corrected chi connectivity index (χ3v) is 6.27. The topological polar surface area (TPSA) is 77.5 Å². The van der Waals surface area contributed by atoms with Crippen LogP contribution >= 0.6 is 36.4 Å². The van der Waals surface area contributed by atoms with E-state index in [-0.39, 0.29) is 43.3 Å². The van der Waals surface area contributed by atoms with Crippen LogP contribution in [0, 0.1) is 5.82 Å². The molecular formula is C27H28Cl3FN4O3. The lowest BCUT2D eigenvalue weighted by Crippen LogP contribution is -2.34. The SMILES string of the molecule is COc1cc2ncnc(Nc3ccc(OCc4cccc(F)c4)c(Cl)c3)c2cc1OC1CCNCC1.Cl.Cl. The summed E-state index contributed by atoms with van der Waals surface area (Å²) in [6, 6.07) is 15.4. The van der Waals surface area contributed by atoms with Crippen molar-refractivity contribution in [1.82, 2.24) is 15.3 Å². The third kappa shape index (κ3) is 7.08. The van der Waals surface area contributed by atoms with E-state index in [2.05, 4.69) is 20.6 Å². The summed E-state index contributed by atoms with van der Waals surface area (Å²) in [7, 11) is 1.62. The van der Waals surface area contributed by atoms with Crippen LogP contribution in [0.1, 0.15) is 18.4 Å². The maximum atomic E-state index is 13.4. The number of ether oxygens (including phenoxy) is 3. The first kappa shape index (κ1) is 29.5. The summed E-state index contributed by atoms with van der Waals surface area (Å²) in [6.07, 6.45) is 3.49. The van der Waals surface area contributed by atoms with E-state index in [1.54, 1.807) is 31.4 Å². The summed E-state index contributed by atoms with van der Waals surface area (Å²) in [6.45, 7) is 2.07. The Labute approximate surface area is 237 Å². The predicted octanol–water partition coefficient (Wildman–Crippen LogP) is 6.73. The lowest BCUT2D eigenvalue weighted by Gasteiger charge is -2.25. The molecule has 4 aromatic rings. The number of fused-ring (bicyclic) bond motifs is 1. The van der Waals surface area contributed by atoms with Crippen molar-refractivity contribution in [3.8, 4) is 17.2 Å². The van der Waals surface area contributed by atoms with Gasteiger partial charge in [-0.3, -0.25) is 0 Å². The highest BCUT2D eigenvalue weighted by molar-refractivity contribution is 6.32. The highest BCUT2D eigenvalue weighted by Gasteiger charge is 2.19. The molecule has 0 unspecified atom stereocenters. The van der Waals surface area contributed by atoms with Gasteiger partial charge in [0.2, 0.25) is 0 Å². The molecule has 1 aliphatic rings. The number of anilines is 2. The zero-order chi connectivity index (χ0) is 24.9. The van der Waals surface area contributed by atoms with Crippen LogP contribution in [0.25, 0.3) is 10.9 Å². The maximum Gasteiger partial charge on any atom is 0.162 e. The molecule has 0 radical (unpaired) electrons. The second-order valence-corrected chi connectivity index (χ2v) is 8.91. The number of halogens is 4. The average Bonchev–Trinajstić information content (AvgIpc) is 2.89. The average molecular weight is 582 g/mol. The number of methoxy groups -OCH3 is 1. The van der Waals surface area contributed by atoms with Gasteiger partial charge in [0.15, 0.2) is 11.5 Å². The van der Waals surface area contributed by atoms with Crippen LogP contribution in [0.4, 0.5) is 15.9 Å². The molecule has 1 saturated heterocycles. The number of aromatic nitrogens is 2. The van der Waals surface area contributed by atoms with Crippen LogP contribution < -0.4 is 24.8 Å². The quantitative estimate of drug-likeness (QED) is 0.239. The lowest BCUT2D eigenvalue weighted by atomic mass is 10.1. The number of piperidine rings is 1. The highest BCUT2D eigenvalue weighted by atomic mass is 35.5. The number of hydrogen-bond donors (Lipinski definition) is 2. The molecule has 5 rings (SSSR count). The normalized spacial score (nSPS) is 13.2. The Morgan fingerprint density at radius 1 is 1.00 bits per heavy atom. The van der Waals surface area contributed by atoms with Crippen molar-refractivity contribution in [2.45, 2.75) is 25.6 Å². The van der Waals surface area contributed by atoms with Crippen LogP contribution in [0.5, 0.6) is 17.2 Å². The van der Waals surface area contributed by atoms with Gasteiger partial charge in [-0.25, -0.2) is 14.4 Å². The van der Waals surface area contributed by atoms with Crippen LogP contribution in [-0.2, 0) is 6.61 Å². The van der Waals surface area contributed by atoms with E-state index in [0.29, 0.717) is 28.1 Å². The molecule has 11 heteroatoms. The fraction of sp³-hybridized carbons (Fsp3) is 0.259. The molecule has 1 aliphatic heterocycles. The molecule has 7 nitrogen and oxygen atoms in total. The second-order valence-electron chi connectivity index (χ2n) is 8.50. The Kier molecular flexibility index (Phi) is 10.6. The summed E-state index contributed by atoms with van der Waals surface area (Å²) in [5, 5.41) is 7.88. The third-order valence-electron chi connectivity index (χ3n) is 5.98. The first-order valence-corrected chi connectivity index (χ1v) is 12.1. The summed E-state index contributed by atoms with van der Waals surface area (Å²) in [5.74, 6) is 2.10. The van der Waals surface area contributed by atoms with Gasteiger partial charge in [0, 0.05) is 17.1 Å². The van der Waals surface area contributed by atoms with E-state index in [0.717, 1.165) is 48.1 Å². The Bertz CT molecular complexity index is 1370. The number of hydrogen-bond acceptors (Lipinski definition) is 7. The smallest absolute Gasteiger partial charge is 0.162 e. The highest BCUT2D eigenvalue weighted by Crippen LogP contribution is 2.37. The number of nitrogens with zero attached hydrogens (tertiary/aromatic N) is 2. The van der Waals surface area contributed by atoms with Gasteiger partial charge >= 0.3 is 0 Å². The first-order chi connectivity index (χ1) is 17.6. The Balaban J connectivity index is 0.00000200. The minimum absolute atomic E-state index is 0. The minimum Gasteiger partial charge on any atom is -0.493 e. The molecule has 0 saturated carbocycles. The first-order valence-electron chi connectivity index (χ1n) is 11.7. The van der Waals surface area contributed by atoms with Gasteiger partial charge in [-0.1, -0.05) is 23.7 Å². The van der Waals surface area contributed by atoms with Gasteiger partial charge in [0.25, 0.3) is 0 Å². The molecule has 2 heterocycles. The van der Waals surface area contributed by atoms with E-state index < -0.39 is 0 Å². The minimum atomic E-state index is -0.305. The largest absolute Gasteiger partial charge is 0.493 e. The van der Waals surface area contributed by atoms with Crippen molar-refractivity contribution in [2.24, 2.45) is 0 Å². The van der Waals surface area contributed by atoms with E-state index in [1.807, 2.05) is 18.2 Å². The van der Waals surface area contributed by atoms with Gasteiger partial charge in [-0.2, -0.15) is 0 Å². The van der Waals surface area contributed by atoms with Gasteiger partial charge in [0.05, 0.1) is 17.6 Å². The Hall–Kier alpha value is -3.04. The van der Waals surface area contributed by atoms with Crippen molar-refractivity contribution in [3.05, 3.63) is 77.3 Å². The van der Waals surface area contributed by atoms with Crippen molar-refractivity contribution < 1.29 is 18.6 Å². The van der Waals surface area contributed by atoms with Crippen LogP contribution in [0.2, 0.25) is 5.02 Å². The van der Waals surface area contributed by atoms with Crippen LogP contribution in [0.15, 0.2) is 60.9 Å². The number of rotatable bonds is 8. The molecule has 0 aliphatic carbocycles. The number of nitrogens with one attached hydrogen (secondary N) is 2. The molecule has 38 heavy (non-hydrogen) atoms. The fourth-order valence-corrected chi connectivity index (χ4v) is 4.36. The van der Waals surface area contributed by atoms with E-state index in [4.69, 9.17) is 25.8 Å². The molecule has 2 N–H and O–H groups in total. The lowest BCUT2D eigenvalue weighted by molar-refractivity contribution is 0.157. The number of benzene rings is 3. The fourth-order valence-electron chi connectivity index (χ4n) is 4.13. The molecule has 0 bridgehead atoms. The second kappa shape index (κ2) is 13.7. The Morgan fingerprint density at radius 2 is 1.82 bits per heavy atom. The van der Waals surface area contributed by atoms with Crippen molar-refractivity contribution >= 4 is 58.8 Å². The van der Waals surface area contributed by atoms with E-state index >= 15 is 0 Å². The monoisotopic (exact) mass is 580 g/mol. The molecule has 1 aromatic heterocycles. The standard InChI is InChI=1S/C27H26ClFN4O3.2ClH/c1-34-25-14-23-21(13-26(25)36-20-7-9-30-10-8-20)27(32-16-31-23)33-19-5-6-24(22(28)12-19)35-15-17-3-2-4-18(29)11-17;;/h2-6,11-14,16,20,30H,7-10,15H2,1H3,(H,31,32,33);2*1H. The molecule has 3 aromatic carbocycles. The van der Waals surface area contributed by atoms with Gasteiger partial charge in [0.1, 0.15) is 36.4 Å². The van der Waals surface area contributed by atoms with E-state index in [1.165, 1.54) is 18.5 Å². The van der Waals surface area contributed by atoms with Crippen molar-refractivity contribution in [1.29, 1.82) is 0 Å². The van der Waals surface area contributed by atoms with Gasteiger partial charge in [-0.05, 0) is 67.9 Å². The molecule has 0 amide bonds. The molecule has 0 atom stereocenters.